The Kier molecular flexibility index (Phi) is 7.54. The van der Waals surface area contributed by atoms with E-state index in [1.54, 1.807) is 0 Å². The van der Waals surface area contributed by atoms with E-state index in [-0.39, 0.29) is 24.5 Å². The molecule has 2 N–H and O–H groups in total. The first-order chi connectivity index (χ1) is 7.86. The maximum absolute atomic E-state index is 11.5. The molecule has 0 saturated heterocycles. The van der Waals surface area contributed by atoms with E-state index >= 15 is 0 Å². The summed E-state index contributed by atoms with van der Waals surface area (Å²) in [5.74, 6) is -0.740. The lowest BCUT2D eigenvalue weighted by molar-refractivity contribution is -0.143. The van der Waals surface area contributed by atoms with Gasteiger partial charge in [-0.15, -0.1) is 0 Å². The summed E-state index contributed by atoms with van der Waals surface area (Å²) in [5, 5.41) is 11.7. The van der Waals surface area contributed by atoms with Crippen molar-refractivity contribution in [2.75, 3.05) is 7.11 Å². The summed E-state index contributed by atoms with van der Waals surface area (Å²) in [6, 6.07) is -0.377. The van der Waals surface area contributed by atoms with Gasteiger partial charge in [-0.1, -0.05) is 13.8 Å². The summed E-state index contributed by atoms with van der Waals surface area (Å²) < 4.78 is 4.72. The molecule has 5 nitrogen and oxygen atoms in total. The molecule has 0 aliphatic heterocycles. The average Bonchev–Trinajstić information content (AvgIpc) is 2.23. The summed E-state index contributed by atoms with van der Waals surface area (Å²) in [5.41, 5.74) is 0. The van der Waals surface area contributed by atoms with E-state index in [0.29, 0.717) is 18.8 Å². The van der Waals surface area contributed by atoms with E-state index in [1.165, 1.54) is 7.11 Å². The highest BCUT2D eigenvalue weighted by atomic mass is 16.5. The highest BCUT2D eigenvalue weighted by Gasteiger charge is 2.22. The second kappa shape index (κ2) is 8.06. The second-order valence-electron chi connectivity index (χ2n) is 4.71. The van der Waals surface area contributed by atoms with Gasteiger partial charge in [0.25, 0.3) is 0 Å². The molecule has 0 aliphatic carbocycles. The van der Waals surface area contributed by atoms with Crippen LogP contribution in [0.5, 0.6) is 0 Å². The van der Waals surface area contributed by atoms with Gasteiger partial charge in [0.1, 0.15) is 6.04 Å². The number of rotatable bonds is 8. The predicted octanol–water partition coefficient (Wildman–Crippen LogP) is 1.42. The largest absolute Gasteiger partial charge is 0.481 e. The van der Waals surface area contributed by atoms with Gasteiger partial charge in [0.05, 0.1) is 7.11 Å². The van der Waals surface area contributed by atoms with E-state index in [4.69, 9.17) is 9.84 Å². The normalized spacial score (nSPS) is 14.4. The number of carboxylic acid groups (broad SMARTS) is 1. The number of nitrogens with one attached hydrogen (secondary N) is 1. The molecule has 0 saturated carbocycles. The molecule has 0 aromatic heterocycles. The minimum Gasteiger partial charge on any atom is -0.481 e. The Bertz CT molecular complexity index is 253. The summed E-state index contributed by atoms with van der Waals surface area (Å²) in [6.45, 7) is 5.93. The van der Waals surface area contributed by atoms with Crippen LogP contribution in [0.2, 0.25) is 0 Å². The molecule has 0 amide bonds. The number of carbonyl (C=O) groups excluding carboxylic acids is 1. The number of methoxy groups -OCH3 is 1. The first kappa shape index (κ1) is 15.9. The van der Waals surface area contributed by atoms with Crippen LogP contribution in [0.3, 0.4) is 0 Å². The third-order valence-corrected chi connectivity index (χ3v) is 2.47. The molecule has 5 heteroatoms. The van der Waals surface area contributed by atoms with Gasteiger partial charge in [0.15, 0.2) is 0 Å². The SMILES string of the molecule is COC(=O)C(CC(C)C)NC(C)CCC(=O)O. The molecule has 0 heterocycles. The predicted molar refractivity (Wildman–Crippen MR) is 64.7 cm³/mol. The van der Waals surface area contributed by atoms with Crippen LogP contribution >= 0.6 is 0 Å². The Morgan fingerprint density at radius 3 is 2.29 bits per heavy atom. The van der Waals surface area contributed by atoms with Crippen molar-refractivity contribution in [2.24, 2.45) is 5.92 Å². The van der Waals surface area contributed by atoms with Crippen molar-refractivity contribution >= 4 is 11.9 Å². The van der Waals surface area contributed by atoms with E-state index in [2.05, 4.69) is 5.32 Å². The van der Waals surface area contributed by atoms with Crippen LogP contribution in [-0.4, -0.2) is 36.2 Å². The molecule has 0 bridgehead atoms. The van der Waals surface area contributed by atoms with Crippen LogP contribution in [0.1, 0.15) is 40.0 Å². The number of carbonyl (C=O) groups is 2. The van der Waals surface area contributed by atoms with E-state index < -0.39 is 5.97 Å². The fraction of sp³-hybridized carbons (Fsp3) is 0.833. The smallest absolute Gasteiger partial charge is 0.322 e. The zero-order valence-corrected chi connectivity index (χ0v) is 11.0. The first-order valence-corrected chi connectivity index (χ1v) is 5.92. The lowest BCUT2D eigenvalue weighted by Crippen LogP contribution is -2.43. The van der Waals surface area contributed by atoms with Gasteiger partial charge < -0.3 is 15.2 Å². The maximum Gasteiger partial charge on any atom is 0.322 e. The molecular weight excluding hydrogens is 222 g/mol. The molecule has 0 rings (SSSR count). The van der Waals surface area contributed by atoms with Crippen molar-refractivity contribution in [3.05, 3.63) is 0 Å². The standard InChI is InChI=1S/C12H23NO4/c1-8(2)7-10(12(16)17-4)13-9(3)5-6-11(14)15/h8-10,13H,5-7H2,1-4H3,(H,14,15). The molecule has 100 valence electrons. The summed E-state index contributed by atoms with van der Waals surface area (Å²) in [7, 11) is 1.36. The Hall–Kier alpha value is -1.10. The van der Waals surface area contributed by atoms with Gasteiger partial charge in [-0.25, -0.2) is 0 Å². The topological polar surface area (TPSA) is 75.6 Å². The van der Waals surface area contributed by atoms with Crippen LogP contribution in [0.4, 0.5) is 0 Å². The van der Waals surface area contributed by atoms with Crippen molar-refractivity contribution in [3.63, 3.8) is 0 Å². The fourth-order valence-electron chi connectivity index (χ4n) is 1.61. The fourth-order valence-corrected chi connectivity index (χ4v) is 1.61. The van der Waals surface area contributed by atoms with Crippen LogP contribution in [0.25, 0.3) is 0 Å². The molecule has 0 aromatic carbocycles. The van der Waals surface area contributed by atoms with Crippen molar-refractivity contribution in [2.45, 2.75) is 52.1 Å². The summed E-state index contributed by atoms with van der Waals surface area (Å²) >= 11 is 0. The molecule has 2 atom stereocenters. The first-order valence-electron chi connectivity index (χ1n) is 5.92. The number of hydrogen-bond acceptors (Lipinski definition) is 4. The molecular formula is C12H23NO4. The number of carboxylic acids is 1. The number of aliphatic carboxylic acids is 1. The Balaban J connectivity index is 4.22. The van der Waals surface area contributed by atoms with Crippen LogP contribution in [0.15, 0.2) is 0 Å². The monoisotopic (exact) mass is 245 g/mol. The number of esters is 1. The minimum atomic E-state index is -0.822. The van der Waals surface area contributed by atoms with Crippen molar-refractivity contribution in [3.8, 4) is 0 Å². The van der Waals surface area contributed by atoms with Gasteiger partial charge in [-0.05, 0) is 25.7 Å². The van der Waals surface area contributed by atoms with Crippen molar-refractivity contribution in [1.82, 2.24) is 5.32 Å². The van der Waals surface area contributed by atoms with Crippen LogP contribution < -0.4 is 5.32 Å². The molecule has 0 radical (unpaired) electrons. The second-order valence-corrected chi connectivity index (χ2v) is 4.71. The zero-order valence-electron chi connectivity index (χ0n) is 11.0. The van der Waals surface area contributed by atoms with E-state index in [0.717, 1.165) is 0 Å². The molecule has 17 heavy (non-hydrogen) atoms. The zero-order chi connectivity index (χ0) is 13.4. The van der Waals surface area contributed by atoms with Gasteiger partial charge in [0.2, 0.25) is 0 Å². The third-order valence-electron chi connectivity index (χ3n) is 2.47. The molecule has 0 fully saturated rings. The number of hydrogen-bond donors (Lipinski definition) is 2. The third kappa shape index (κ3) is 7.74. The maximum atomic E-state index is 11.5. The van der Waals surface area contributed by atoms with Gasteiger partial charge in [0, 0.05) is 12.5 Å². The van der Waals surface area contributed by atoms with Gasteiger partial charge in [-0.3, -0.25) is 9.59 Å². The van der Waals surface area contributed by atoms with E-state index in [9.17, 15) is 9.59 Å². The van der Waals surface area contributed by atoms with Crippen LogP contribution in [-0.2, 0) is 14.3 Å². The summed E-state index contributed by atoms with van der Waals surface area (Å²) in [4.78, 5) is 22.0. The quantitative estimate of drug-likeness (QED) is 0.632. The van der Waals surface area contributed by atoms with E-state index in [1.807, 2.05) is 20.8 Å². The number of ether oxygens (including phenoxy) is 1. The highest BCUT2D eigenvalue weighted by Crippen LogP contribution is 2.08. The lowest BCUT2D eigenvalue weighted by atomic mass is 10.0. The molecule has 0 spiro atoms. The molecule has 2 unspecified atom stereocenters. The highest BCUT2D eigenvalue weighted by molar-refractivity contribution is 5.75. The van der Waals surface area contributed by atoms with Crippen molar-refractivity contribution < 1.29 is 19.4 Å². The minimum absolute atomic E-state index is 0.0195. The Labute approximate surface area is 103 Å². The van der Waals surface area contributed by atoms with Gasteiger partial charge >= 0.3 is 11.9 Å². The average molecular weight is 245 g/mol. The lowest BCUT2D eigenvalue weighted by Gasteiger charge is -2.22. The van der Waals surface area contributed by atoms with Crippen molar-refractivity contribution in [1.29, 1.82) is 0 Å². The Morgan fingerprint density at radius 2 is 1.88 bits per heavy atom. The molecule has 0 aromatic rings. The summed E-state index contributed by atoms with van der Waals surface area (Å²) in [6.07, 6.45) is 1.29. The molecule has 0 aliphatic rings. The Morgan fingerprint density at radius 1 is 1.29 bits per heavy atom. The van der Waals surface area contributed by atoms with Crippen LogP contribution in [0, 0.1) is 5.92 Å². The van der Waals surface area contributed by atoms with Gasteiger partial charge in [-0.2, -0.15) is 0 Å².